The first-order chi connectivity index (χ1) is 13.1. The summed E-state index contributed by atoms with van der Waals surface area (Å²) in [5.74, 6) is -0.414. The zero-order chi connectivity index (χ0) is 19.0. The molecule has 0 spiro atoms. The van der Waals surface area contributed by atoms with Gasteiger partial charge in [-0.25, -0.2) is 9.69 Å². The largest absolute Gasteiger partial charge is 0.326 e. The summed E-state index contributed by atoms with van der Waals surface area (Å²) in [4.78, 5) is 39.3. The molecule has 8 nitrogen and oxygen atoms in total. The minimum atomic E-state index is -1.15. The molecule has 0 saturated carbocycles. The summed E-state index contributed by atoms with van der Waals surface area (Å²) in [6.07, 6.45) is 0.385. The Bertz CT molecular complexity index is 1100. The highest BCUT2D eigenvalue weighted by Gasteiger charge is 2.51. The molecule has 1 aromatic heterocycles. The zero-order valence-corrected chi connectivity index (χ0v) is 14.6. The van der Waals surface area contributed by atoms with Crippen LogP contribution in [0.5, 0.6) is 0 Å². The maximum absolute atomic E-state index is 13.1. The number of carbonyl (C=O) groups excluding carboxylic acids is 2. The minimum absolute atomic E-state index is 0.296. The number of hydrogen-bond acceptors (Lipinski definition) is 5. The van der Waals surface area contributed by atoms with Crippen LogP contribution in [-0.4, -0.2) is 31.8 Å². The standard InChI is InChI=1S/C19H17N5O3/c1-2-19(13-8-4-3-5-9-13)17(26)23(18(27)20-19)12-24-16(25)14-10-6-7-11-15(14)21-22-24/h3-11H,2,12H2,1H3,(H,20,27). The topological polar surface area (TPSA) is 97.2 Å². The molecule has 136 valence electrons. The van der Waals surface area contributed by atoms with Gasteiger partial charge < -0.3 is 5.32 Å². The molecule has 3 aromatic rings. The Morgan fingerprint density at radius 3 is 2.44 bits per heavy atom. The number of amides is 3. The van der Waals surface area contributed by atoms with Gasteiger partial charge in [-0.3, -0.25) is 9.59 Å². The average Bonchev–Trinajstić information content (AvgIpc) is 2.96. The van der Waals surface area contributed by atoms with Crippen LogP contribution in [0.2, 0.25) is 0 Å². The normalized spacial score (nSPS) is 19.5. The number of urea groups is 1. The van der Waals surface area contributed by atoms with Crippen molar-refractivity contribution in [1.29, 1.82) is 0 Å². The Labute approximate surface area is 154 Å². The SMILES string of the molecule is CCC1(c2ccccc2)NC(=O)N(Cn2nnc3ccccc3c2=O)C1=O. The van der Waals surface area contributed by atoms with Crippen LogP contribution in [0.4, 0.5) is 4.79 Å². The molecule has 4 rings (SSSR count). The van der Waals surface area contributed by atoms with E-state index in [9.17, 15) is 14.4 Å². The van der Waals surface area contributed by atoms with Crippen LogP contribution in [0.1, 0.15) is 18.9 Å². The van der Waals surface area contributed by atoms with Crippen molar-refractivity contribution in [1.82, 2.24) is 25.2 Å². The molecule has 8 heteroatoms. The van der Waals surface area contributed by atoms with Gasteiger partial charge in [0.15, 0.2) is 0 Å². The van der Waals surface area contributed by atoms with Crippen LogP contribution >= 0.6 is 0 Å². The van der Waals surface area contributed by atoms with E-state index in [0.29, 0.717) is 22.9 Å². The Hall–Kier alpha value is -3.55. The Morgan fingerprint density at radius 1 is 1.00 bits per heavy atom. The number of carbonyl (C=O) groups is 2. The molecule has 1 saturated heterocycles. The van der Waals surface area contributed by atoms with Crippen molar-refractivity contribution in [3.63, 3.8) is 0 Å². The van der Waals surface area contributed by atoms with Crippen LogP contribution in [0, 0.1) is 0 Å². The third-order valence-corrected chi connectivity index (χ3v) is 4.88. The van der Waals surface area contributed by atoms with Gasteiger partial charge in [0.2, 0.25) is 0 Å². The molecule has 1 fully saturated rings. The first-order valence-corrected chi connectivity index (χ1v) is 8.59. The van der Waals surface area contributed by atoms with E-state index in [-0.39, 0.29) is 6.67 Å². The third-order valence-electron chi connectivity index (χ3n) is 4.88. The van der Waals surface area contributed by atoms with Crippen LogP contribution < -0.4 is 10.9 Å². The van der Waals surface area contributed by atoms with Crippen LogP contribution in [0.15, 0.2) is 59.4 Å². The summed E-state index contributed by atoms with van der Waals surface area (Å²) in [6, 6.07) is 15.3. The smallest absolute Gasteiger partial charge is 0.319 e. The van der Waals surface area contributed by atoms with Gasteiger partial charge in [-0.05, 0) is 24.1 Å². The van der Waals surface area contributed by atoms with Crippen LogP contribution in [-0.2, 0) is 17.0 Å². The Morgan fingerprint density at radius 2 is 1.70 bits per heavy atom. The van der Waals surface area contributed by atoms with E-state index in [2.05, 4.69) is 15.6 Å². The number of nitrogens with one attached hydrogen (secondary N) is 1. The van der Waals surface area contributed by atoms with E-state index >= 15 is 0 Å². The fourth-order valence-electron chi connectivity index (χ4n) is 3.37. The first kappa shape index (κ1) is 16.9. The van der Waals surface area contributed by atoms with Gasteiger partial charge in [0.05, 0.1) is 5.39 Å². The highest BCUT2D eigenvalue weighted by atomic mass is 16.2. The third kappa shape index (κ3) is 2.57. The molecular formula is C19H17N5O3. The fourth-order valence-corrected chi connectivity index (χ4v) is 3.37. The van der Waals surface area contributed by atoms with E-state index in [1.54, 1.807) is 36.4 Å². The second-order valence-corrected chi connectivity index (χ2v) is 6.34. The van der Waals surface area contributed by atoms with Gasteiger partial charge in [0.1, 0.15) is 17.7 Å². The second-order valence-electron chi connectivity index (χ2n) is 6.34. The van der Waals surface area contributed by atoms with Crippen molar-refractivity contribution in [2.45, 2.75) is 25.6 Å². The molecule has 27 heavy (non-hydrogen) atoms. The van der Waals surface area contributed by atoms with Gasteiger partial charge in [0, 0.05) is 0 Å². The highest BCUT2D eigenvalue weighted by Crippen LogP contribution is 2.32. The van der Waals surface area contributed by atoms with Gasteiger partial charge in [0.25, 0.3) is 11.5 Å². The predicted molar refractivity (Wildman–Crippen MR) is 97.6 cm³/mol. The van der Waals surface area contributed by atoms with E-state index in [0.717, 1.165) is 9.58 Å². The molecule has 2 heterocycles. The van der Waals surface area contributed by atoms with Crippen molar-refractivity contribution in [3.8, 4) is 0 Å². The van der Waals surface area contributed by atoms with E-state index in [4.69, 9.17) is 0 Å². The lowest BCUT2D eigenvalue weighted by atomic mass is 9.87. The Kier molecular flexibility index (Phi) is 3.95. The van der Waals surface area contributed by atoms with Gasteiger partial charge >= 0.3 is 6.03 Å². The van der Waals surface area contributed by atoms with Crippen molar-refractivity contribution >= 4 is 22.8 Å². The van der Waals surface area contributed by atoms with Crippen LogP contribution in [0.3, 0.4) is 0 Å². The monoisotopic (exact) mass is 363 g/mol. The van der Waals surface area contributed by atoms with Gasteiger partial charge in [-0.1, -0.05) is 54.6 Å². The Balaban J connectivity index is 1.71. The number of rotatable bonds is 4. The number of hydrogen-bond donors (Lipinski definition) is 1. The maximum atomic E-state index is 13.1. The lowest BCUT2D eigenvalue weighted by Gasteiger charge is -2.25. The van der Waals surface area contributed by atoms with Crippen molar-refractivity contribution in [2.75, 3.05) is 0 Å². The summed E-state index contributed by atoms with van der Waals surface area (Å²) < 4.78 is 1.02. The molecule has 1 atom stereocenters. The van der Waals surface area contributed by atoms with Gasteiger partial charge in [-0.15, -0.1) is 5.10 Å². The molecule has 0 aliphatic carbocycles. The number of fused-ring (bicyclic) bond motifs is 1. The van der Waals surface area contributed by atoms with E-state index in [1.807, 2.05) is 25.1 Å². The van der Waals surface area contributed by atoms with Crippen molar-refractivity contribution in [2.24, 2.45) is 0 Å². The lowest BCUT2D eigenvalue weighted by Crippen LogP contribution is -2.44. The van der Waals surface area contributed by atoms with Crippen LogP contribution in [0.25, 0.3) is 10.9 Å². The summed E-state index contributed by atoms with van der Waals surface area (Å²) in [6.45, 7) is 1.53. The highest BCUT2D eigenvalue weighted by molar-refractivity contribution is 6.07. The first-order valence-electron chi connectivity index (χ1n) is 8.59. The van der Waals surface area contributed by atoms with E-state index < -0.39 is 23.0 Å². The molecule has 1 unspecified atom stereocenters. The number of imide groups is 1. The molecule has 1 N–H and O–H groups in total. The number of nitrogens with zero attached hydrogens (tertiary/aromatic N) is 4. The second kappa shape index (κ2) is 6.31. The molecule has 0 radical (unpaired) electrons. The quantitative estimate of drug-likeness (QED) is 0.710. The lowest BCUT2D eigenvalue weighted by molar-refractivity contribution is -0.133. The van der Waals surface area contributed by atoms with E-state index in [1.165, 1.54) is 0 Å². The summed E-state index contributed by atoms with van der Waals surface area (Å²) in [7, 11) is 0. The number of aromatic nitrogens is 3. The summed E-state index contributed by atoms with van der Waals surface area (Å²) in [5, 5.41) is 11.0. The van der Waals surface area contributed by atoms with Gasteiger partial charge in [-0.2, -0.15) is 4.68 Å². The number of benzene rings is 2. The zero-order valence-electron chi connectivity index (χ0n) is 14.6. The summed E-state index contributed by atoms with van der Waals surface area (Å²) >= 11 is 0. The molecule has 3 amide bonds. The predicted octanol–water partition coefficient (Wildman–Crippen LogP) is 1.61. The molecule has 0 bridgehead atoms. The minimum Gasteiger partial charge on any atom is -0.319 e. The molecule has 1 aliphatic rings. The average molecular weight is 363 g/mol. The maximum Gasteiger partial charge on any atom is 0.326 e. The van der Waals surface area contributed by atoms with Crippen molar-refractivity contribution < 1.29 is 9.59 Å². The van der Waals surface area contributed by atoms with Crippen molar-refractivity contribution in [3.05, 3.63) is 70.5 Å². The molecular weight excluding hydrogens is 346 g/mol. The molecule has 2 aromatic carbocycles. The fraction of sp³-hybridized carbons (Fsp3) is 0.211. The molecule has 1 aliphatic heterocycles. The summed E-state index contributed by atoms with van der Waals surface area (Å²) in [5.41, 5.74) is -0.394.